The predicted octanol–water partition coefficient (Wildman–Crippen LogP) is 0.866. The van der Waals surface area contributed by atoms with Crippen LogP contribution in [0.15, 0.2) is 0 Å². The molecule has 0 aliphatic heterocycles. The van der Waals surface area contributed by atoms with Gasteiger partial charge in [0.25, 0.3) is 6.47 Å². The summed E-state index contributed by atoms with van der Waals surface area (Å²) in [6.07, 6.45) is 3.74. The Labute approximate surface area is 88.8 Å². The highest BCUT2D eigenvalue weighted by Gasteiger charge is 2.36. The van der Waals surface area contributed by atoms with E-state index in [4.69, 9.17) is 4.74 Å². The van der Waals surface area contributed by atoms with Crippen LogP contribution in [0.2, 0.25) is 0 Å². The van der Waals surface area contributed by atoms with E-state index in [1.165, 1.54) is 0 Å². The Morgan fingerprint density at radius 1 is 1.50 bits per heavy atom. The van der Waals surface area contributed by atoms with Crippen molar-refractivity contribution >= 4 is 25.0 Å². The number of carbonyl (C=O) groups excluding carboxylic acids is 2. The van der Waals surface area contributed by atoms with E-state index in [2.05, 4.69) is 17.9 Å². The predicted molar refractivity (Wildman–Crippen MR) is 55.0 cm³/mol. The Bertz CT molecular complexity index is 214. The molecule has 1 fully saturated rings. The Hall–Kier alpha value is -0.710. The van der Waals surface area contributed by atoms with Gasteiger partial charge in [0.2, 0.25) is 5.91 Å². The van der Waals surface area contributed by atoms with E-state index < -0.39 is 5.72 Å². The van der Waals surface area contributed by atoms with Gasteiger partial charge in [0, 0.05) is 19.3 Å². The van der Waals surface area contributed by atoms with Crippen LogP contribution < -0.4 is 5.32 Å². The summed E-state index contributed by atoms with van der Waals surface area (Å²) in [5.41, 5.74) is -0.734. The molecule has 1 aliphatic rings. The van der Waals surface area contributed by atoms with E-state index >= 15 is 0 Å². The summed E-state index contributed by atoms with van der Waals surface area (Å²) in [6.45, 7) is 0.409. The van der Waals surface area contributed by atoms with Gasteiger partial charge >= 0.3 is 0 Å². The summed E-state index contributed by atoms with van der Waals surface area (Å²) in [5.74, 6) is 0.395. The quantitative estimate of drug-likeness (QED) is 0.408. The van der Waals surface area contributed by atoms with Crippen LogP contribution in [0.4, 0.5) is 0 Å². The fourth-order valence-electron chi connectivity index (χ4n) is 1.73. The monoisotopic (exact) mass is 217 g/mol. The first-order valence-electron chi connectivity index (χ1n) is 4.76. The van der Waals surface area contributed by atoms with Crippen molar-refractivity contribution in [3.63, 3.8) is 0 Å². The van der Waals surface area contributed by atoms with Crippen LogP contribution in [-0.2, 0) is 14.3 Å². The number of amides is 1. The van der Waals surface area contributed by atoms with E-state index in [0.29, 0.717) is 31.5 Å². The van der Waals surface area contributed by atoms with Crippen molar-refractivity contribution in [1.29, 1.82) is 0 Å². The zero-order valence-corrected chi connectivity index (χ0v) is 8.89. The van der Waals surface area contributed by atoms with Gasteiger partial charge in [0.1, 0.15) is 0 Å². The first kappa shape index (κ1) is 11.4. The average molecular weight is 217 g/mol. The first-order chi connectivity index (χ1) is 6.72. The second-order valence-electron chi connectivity index (χ2n) is 3.44. The Morgan fingerprint density at radius 2 is 2.14 bits per heavy atom. The summed E-state index contributed by atoms with van der Waals surface area (Å²) >= 11 is 3.96. The molecule has 0 aromatic rings. The lowest BCUT2D eigenvalue weighted by Crippen LogP contribution is -2.48. The topological polar surface area (TPSA) is 55.4 Å². The summed E-state index contributed by atoms with van der Waals surface area (Å²) in [5, 5.41) is 2.75. The molecule has 4 nitrogen and oxygen atoms in total. The van der Waals surface area contributed by atoms with Crippen molar-refractivity contribution in [3.05, 3.63) is 0 Å². The van der Waals surface area contributed by atoms with Crippen molar-refractivity contribution in [2.24, 2.45) is 0 Å². The Balaban J connectivity index is 2.50. The van der Waals surface area contributed by atoms with Gasteiger partial charge in [-0.05, 0) is 18.6 Å². The highest BCUT2D eigenvalue weighted by molar-refractivity contribution is 7.80. The molecule has 0 unspecified atom stereocenters. The first-order valence-corrected chi connectivity index (χ1v) is 5.39. The fraction of sp³-hybridized carbons (Fsp3) is 0.778. The molecule has 0 heterocycles. The van der Waals surface area contributed by atoms with E-state index in [0.717, 1.165) is 12.8 Å². The number of ether oxygens (including phenoxy) is 1. The third-order valence-electron chi connectivity index (χ3n) is 2.39. The van der Waals surface area contributed by atoms with Crippen molar-refractivity contribution in [1.82, 2.24) is 5.32 Å². The maximum Gasteiger partial charge on any atom is 0.295 e. The highest BCUT2D eigenvalue weighted by atomic mass is 32.1. The number of rotatable bonds is 5. The molecule has 80 valence electrons. The van der Waals surface area contributed by atoms with Crippen molar-refractivity contribution < 1.29 is 14.3 Å². The SMILES string of the molecule is O=COC1(NC(=O)CCS)CCCC1. The maximum atomic E-state index is 11.3. The standard InChI is InChI=1S/C9H15NO3S/c11-7-13-9(4-1-2-5-9)10-8(12)3-6-14/h7,14H,1-6H2,(H,10,12). The van der Waals surface area contributed by atoms with Crippen LogP contribution in [0.1, 0.15) is 32.1 Å². The molecule has 0 aromatic carbocycles. The lowest BCUT2D eigenvalue weighted by atomic mass is 10.2. The molecule has 1 aliphatic carbocycles. The van der Waals surface area contributed by atoms with Gasteiger partial charge in [0.05, 0.1) is 0 Å². The molecular formula is C9H15NO3S. The van der Waals surface area contributed by atoms with Crippen LogP contribution in [0.3, 0.4) is 0 Å². The molecule has 0 bridgehead atoms. The maximum absolute atomic E-state index is 11.3. The number of nitrogens with one attached hydrogen (secondary N) is 1. The van der Waals surface area contributed by atoms with Crippen LogP contribution >= 0.6 is 12.6 Å². The lowest BCUT2D eigenvalue weighted by molar-refractivity contribution is -0.150. The molecule has 1 amide bonds. The third kappa shape index (κ3) is 2.90. The van der Waals surface area contributed by atoms with Crippen LogP contribution in [-0.4, -0.2) is 23.9 Å². The van der Waals surface area contributed by atoms with Gasteiger partial charge in [-0.1, -0.05) is 0 Å². The highest BCUT2D eigenvalue weighted by Crippen LogP contribution is 2.30. The normalized spacial score (nSPS) is 18.9. The summed E-state index contributed by atoms with van der Waals surface area (Å²) < 4.78 is 4.97. The van der Waals surface area contributed by atoms with Crippen molar-refractivity contribution in [2.45, 2.75) is 37.8 Å². The molecule has 0 spiro atoms. The van der Waals surface area contributed by atoms with E-state index in [1.54, 1.807) is 0 Å². The fourth-order valence-corrected chi connectivity index (χ4v) is 1.93. The largest absolute Gasteiger partial charge is 0.441 e. The summed E-state index contributed by atoms with van der Waals surface area (Å²) in [6, 6.07) is 0. The summed E-state index contributed by atoms with van der Waals surface area (Å²) in [7, 11) is 0. The summed E-state index contributed by atoms with van der Waals surface area (Å²) in [4.78, 5) is 21.6. The van der Waals surface area contributed by atoms with Gasteiger partial charge in [-0.25, -0.2) is 0 Å². The smallest absolute Gasteiger partial charge is 0.295 e. The molecule has 1 saturated carbocycles. The van der Waals surface area contributed by atoms with Crippen molar-refractivity contribution in [2.75, 3.05) is 5.75 Å². The minimum absolute atomic E-state index is 0.108. The number of hydrogen-bond acceptors (Lipinski definition) is 4. The second kappa shape index (κ2) is 5.24. The number of thiol groups is 1. The molecule has 5 heteroatoms. The van der Waals surface area contributed by atoms with E-state index in [9.17, 15) is 9.59 Å². The third-order valence-corrected chi connectivity index (χ3v) is 2.61. The van der Waals surface area contributed by atoms with Crippen LogP contribution in [0.25, 0.3) is 0 Å². The van der Waals surface area contributed by atoms with Gasteiger partial charge < -0.3 is 10.1 Å². The molecule has 0 atom stereocenters. The molecule has 0 saturated heterocycles. The number of carbonyl (C=O) groups is 2. The van der Waals surface area contributed by atoms with Gasteiger partial charge in [0.15, 0.2) is 5.72 Å². The molecule has 1 N–H and O–H groups in total. The second-order valence-corrected chi connectivity index (χ2v) is 3.88. The van der Waals surface area contributed by atoms with Gasteiger partial charge in [-0.3, -0.25) is 9.59 Å². The minimum atomic E-state index is -0.734. The van der Waals surface area contributed by atoms with E-state index in [1.807, 2.05) is 0 Å². The molecule has 1 rings (SSSR count). The number of hydrogen-bond donors (Lipinski definition) is 2. The van der Waals surface area contributed by atoms with Gasteiger partial charge in [-0.2, -0.15) is 12.6 Å². The zero-order valence-electron chi connectivity index (χ0n) is 7.99. The Morgan fingerprint density at radius 3 is 2.64 bits per heavy atom. The average Bonchev–Trinajstić information content (AvgIpc) is 2.54. The van der Waals surface area contributed by atoms with Gasteiger partial charge in [-0.15, -0.1) is 0 Å². The minimum Gasteiger partial charge on any atom is -0.441 e. The van der Waals surface area contributed by atoms with Crippen molar-refractivity contribution in [3.8, 4) is 0 Å². The molecular weight excluding hydrogens is 202 g/mol. The Kier molecular flexibility index (Phi) is 4.25. The lowest BCUT2D eigenvalue weighted by Gasteiger charge is -2.27. The molecule has 0 aromatic heterocycles. The van der Waals surface area contributed by atoms with E-state index in [-0.39, 0.29) is 5.91 Å². The molecule has 0 radical (unpaired) electrons. The van der Waals surface area contributed by atoms with Crippen LogP contribution in [0, 0.1) is 0 Å². The molecule has 14 heavy (non-hydrogen) atoms. The van der Waals surface area contributed by atoms with Crippen LogP contribution in [0.5, 0.6) is 0 Å². The zero-order chi connectivity index (χ0) is 10.4.